The summed E-state index contributed by atoms with van der Waals surface area (Å²) in [5.41, 5.74) is 3.77. The predicted octanol–water partition coefficient (Wildman–Crippen LogP) is 2.38. The number of H-pyrrole nitrogens is 2. The predicted molar refractivity (Wildman–Crippen MR) is 74.0 cm³/mol. The van der Waals surface area contributed by atoms with Crippen LogP contribution in [0.15, 0.2) is 36.5 Å². The molecule has 0 radical (unpaired) electrons. The average molecular weight is 254 g/mol. The normalized spacial score (nSPS) is 10.8. The van der Waals surface area contributed by atoms with Gasteiger partial charge in [0.15, 0.2) is 0 Å². The van der Waals surface area contributed by atoms with Crippen molar-refractivity contribution in [3.05, 3.63) is 47.8 Å². The van der Waals surface area contributed by atoms with Gasteiger partial charge in [0.1, 0.15) is 0 Å². The topological polar surface area (TPSA) is 73.6 Å². The molecule has 0 atom stereocenters. The molecule has 5 nitrogen and oxygen atoms in total. The Balaban J connectivity index is 1.72. The lowest BCUT2D eigenvalue weighted by Crippen LogP contribution is -2.14. The van der Waals surface area contributed by atoms with Crippen LogP contribution >= 0.6 is 0 Å². The molecule has 0 aliphatic rings. The lowest BCUT2D eigenvalue weighted by molar-refractivity contribution is -0.115. The van der Waals surface area contributed by atoms with Crippen LogP contribution in [-0.2, 0) is 11.2 Å². The number of aryl methyl sites for hydroxylation is 1. The second-order valence-electron chi connectivity index (χ2n) is 4.52. The SMILES string of the molecule is Cc1cc(CC(=O)Nc2nc3ccccc3[nH]2)c[nH]1. The molecular weight excluding hydrogens is 240 g/mol. The van der Waals surface area contributed by atoms with Crippen molar-refractivity contribution in [2.45, 2.75) is 13.3 Å². The Kier molecular flexibility index (Phi) is 2.79. The van der Waals surface area contributed by atoms with Crippen molar-refractivity contribution >= 4 is 22.9 Å². The molecule has 0 bridgehead atoms. The van der Waals surface area contributed by atoms with Gasteiger partial charge in [-0.05, 0) is 30.7 Å². The van der Waals surface area contributed by atoms with E-state index in [1.165, 1.54) is 0 Å². The summed E-state index contributed by atoms with van der Waals surface area (Å²) in [6.45, 7) is 1.96. The fourth-order valence-corrected chi connectivity index (χ4v) is 2.04. The summed E-state index contributed by atoms with van der Waals surface area (Å²) in [6, 6.07) is 9.62. The van der Waals surface area contributed by atoms with Crippen molar-refractivity contribution < 1.29 is 4.79 Å². The first-order valence-corrected chi connectivity index (χ1v) is 6.09. The van der Waals surface area contributed by atoms with Crippen LogP contribution in [0.3, 0.4) is 0 Å². The molecule has 2 heterocycles. The summed E-state index contributed by atoms with van der Waals surface area (Å²) in [4.78, 5) is 22.3. The first kappa shape index (κ1) is 11.5. The Bertz CT molecular complexity index is 693. The molecular formula is C14H14N4O. The minimum Gasteiger partial charge on any atom is -0.365 e. The van der Waals surface area contributed by atoms with Gasteiger partial charge in [0.05, 0.1) is 17.5 Å². The zero-order valence-corrected chi connectivity index (χ0v) is 10.5. The highest BCUT2D eigenvalue weighted by molar-refractivity contribution is 5.92. The monoisotopic (exact) mass is 254 g/mol. The van der Waals surface area contributed by atoms with Gasteiger partial charge >= 0.3 is 0 Å². The van der Waals surface area contributed by atoms with Crippen molar-refractivity contribution in [3.8, 4) is 0 Å². The summed E-state index contributed by atoms with van der Waals surface area (Å²) in [6.07, 6.45) is 2.18. The number of nitrogens with one attached hydrogen (secondary N) is 3. The first-order chi connectivity index (χ1) is 9.20. The second-order valence-corrected chi connectivity index (χ2v) is 4.52. The molecule has 5 heteroatoms. The number of aromatic nitrogens is 3. The van der Waals surface area contributed by atoms with Gasteiger partial charge in [-0.1, -0.05) is 12.1 Å². The van der Waals surface area contributed by atoms with Crippen LogP contribution in [0.5, 0.6) is 0 Å². The van der Waals surface area contributed by atoms with E-state index < -0.39 is 0 Å². The summed E-state index contributed by atoms with van der Waals surface area (Å²) < 4.78 is 0. The maximum Gasteiger partial charge on any atom is 0.231 e. The van der Waals surface area contributed by atoms with E-state index in [4.69, 9.17) is 0 Å². The number of para-hydroxylation sites is 2. The molecule has 0 saturated heterocycles. The van der Waals surface area contributed by atoms with E-state index in [0.29, 0.717) is 12.4 Å². The lowest BCUT2D eigenvalue weighted by Gasteiger charge is -1.99. The van der Waals surface area contributed by atoms with Crippen LogP contribution in [0.1, 0.15) is 11.3 Å². The number of imidazole rings is 1. The van der Waals surface area contributed by atoms with E-state index in [2.05, 4.69) is 20.3 Å². The molecule has 0 spiro atoms. The van der Waals surface area contributed by atoms with Gasteiger partial charge in [0.25, 0.3) is 0 Å². The van der Waals surface area contributed by atoms with Crippen molar-refractivity contribution in [2.75, 3.05) is 5.32 Å². The number of amides is 1. The van der Waals surface area contributed by atoms with E-state index in [0.717, 1.165) is 22.3 Å². The van der Waals surface area contributed by atoms with Gasteiger partial charge in [-0.15, -0.1) is 0 Å². The third kappa shape index (κ3) is 2.49. The Morgan fingerprint density at radius 2 is 2.21 bits per heavy atom. The fourth-order valence-electron chi connectivity index (χ4n) is 2.04. The van der Waals surface area contributed by atoms with E-state index in [9.17, 15) is 4.79 Å². The molecule has 1 aromatic carbocycles. The number of anilines is 1. The average Bonchev–Trinajstić information content (AvgIpc) is 2.94. The van der Waals surface area contributed by atoms with Crippen molar-refractivity contribution in [3.63, 3.8) is 0 Å². The molecule has 3 aromatic rings. The van der Waals surface area contributed by atoms with Crippen LogP contribution in [-0.4, -0.2) is 20.9 Å². The van der Waals surface area contributed by atoms with Gasteiger partial charge in [-0.2, -0.15) is 0 Å². The second kappa shape index (κ2) is 4.61. The number of hydrogen-bond acceptors (Lipinski definition) is 2. The number of rotatable bonds is 3. The molecule has 0 fully saturated rings. The maximum atomic E-state index is 11.9. The molecule has 0 aliphatic heterocycles. The van der Waals surface area contributed by atoms with Crippen LogP contribution in [0.4, 0.5) is 5.95 Å². The highest BCUT2D eigenvalue weighted by atomic mass is 16.1. The minimum absolute atomic E-state index is 0.0851. The first-order valence-electron chi connectivity index (χ1n) is 6.09. The summed E-state index contributed by atoms with van der Waals surface area (Å²) in [5.74, 6) is 0.400. The van der Waals surface area contributed by atoms with Gasteiger partial charge in [0, 0.05) is 11.9 Å². The number of hydrogen-bond donors (Lipinski definition) is 3. The quantitative estimate of drug-likeness (QED) is 0.671. The molecule has 3 N–H and O–H groups in total. The molecule has 0 aliphatic carbocycles. The zero-order chi connectivity index (χ0) is 13.2. The number of carbonyl (C=O) groups is 1. The molecule has 2 aromatic heterocycles. The Morgan fingerprint density at radius 1 is 1.37 bits per heavy atom. The lowest BCUT2D eigenvalue weighted by atomic mass is 10.2. The Morgan fingerprint density at radius 3 is 2.95 bits per heavy atom. The van der Waals surface area contributed by atoms with Crippen molar-refractivity contribution in [2.24, 2.45) is 0 Å². The van der Waals surface area contributed by atoms with E-state index >= 15 is 0 Å². The van der Waals surface area contributed by atoms with Crippen LogP contribution in [0.25, 0.3) is 11.0 Å². The molecule has 0 saturated carbocycles. The van der Waals surface area contributed by atoms with Crippen molar-refractivity contribution in [1.82, 2.24) is 15.0 Å². The molecule has 19 heavy (non-hydrogen) atoms. The van der Waals surface area contributed by atoms with Crippen LogP contribution < -0.4 is 5.32 Å². The number of benzene rings is 1. The summed E-state index contributed by atoms with van der Waals surface area (Å²) in [7, 11) is 0. The largest absolute Gasteiger partial charge is 0.365 e. The molecule has 0 unspecified atom stereocenters. The smallest absolute Gasteiger partial charge is 0.231 e. The van der Waals surface area contributed by atoms with Gasteiger partial charge in [-0.3, -0.25) is 10.1 Å². The standard InChI is InChI=1S/C14H14N4O/c1-9-6-10(8-15-9)7-13(19)18-14-16-11-4-2-3-5-12(11)17-14/h2-6,8,15H,7H2,1H3,(H2,16,17,18,19). The molecule has 1 amide bonds. The fraction of sp³-hybridized carbons (Fsp3) is 0.143. The summed E-state index contributed by atoms with van der Waals surface area (Å²) in [5, 5.41) is 2.77. The highest BCUT2D eigenvalue weighted by Gasteiger charge is 2.08. The van der Waals surface area contributed by atoms with Gasteiger partial charge in [-0.25, -0.2) is 4.98 Å². The van der Waals surface area contributed by atoms with Crippen LogP contribution in [0.2, 0.25) is 0 Å². The van der Waals surface area contributed by atoms with Gasteiger partial charge in [0.2, 0.25) is 11.9 Å². The maximum absolute atomic E-state index is 11.9. The zero-order valence-electron chi connectivity index (χ0n) is 10.5. The minimum atomic E-state index is -0.0851. The molecule has 96 valence electrons. The third-order valence-corrected chi connectivity index (χ3v) is 2.90. The van der Waals surface area contributed by atoms with Crippen LogP contribution in [0, 0.1) is 6.92 Å². The number of nitrogens with zero attached hydrogens (tertiary/aromatic N) is 1. The number of carbonyl (C=O) groups excluding carboxylic acids is 1. The number of aromatic amines is 2. The third-order valence-electron chi connectivity index (χ3n) is 2.90. The van der Waals surface area contributed by atoms with E-state index in [-0.39, 0.29) is 5.91 Å². The van der Waals surface area contributed by atoms with Crippen molar-refractivity contribution in [1.29, 1.82) is 0 Å². The Hall–Kier alpha value is -2.56. The van der Waals surface area contributed by atoms with Gasteiger partial charge < -0.3 is 9.97 Å². The summed E-state index contributed by atoms with van der Waals surface area (Å²) >= 11 is 0. The van der Waals surface area contributed by atoms with E-state index in [1.54, 1.807) is 0 Å². The Labute approximate surface area is 110 Å². The number of fused-ring (bicyclic) bond motifs is 1. The van der Waals surface area contributed by atoms with E-state index in [1.807, 2.05) is 43.5 Å². The highest BCUT2D eigenvalue weighted by Crippen LogP contribution is 2.13. The molecule has 3 rings (SSSR count).